The molecule has 46 heavy (non-hydrogen) atoms. The van der Waals surface area contributed by atoms with Gasteiger partial charge < -0.3 is 9.80 Å². The minimum Gasteiger partial charge on any atom is -0.330 e. The van der Waals surface area contributed by atoms with E-state index >= 15 is 0 Å². The molecule has 3 heterocycles. The number of hydrogen-bond acceptors (Lipinski definition) is 3. The third kappa shape index (κ3) is 3.91. The molecule has 0 saturated carbocycles. The van der Waals surface area contributed by atoms with Crippen molar-refractivity contribution in [2.24, 2.45) is 0 Å². The fraction of sp³-hybridized carbons (Fsp3) is 0.480. The second-order valence-corrected chi connectivity index (χ2v) is 10.7. The number of hydrogen-bond donors (Lipinski definition) is 0. The summed E-state index contributed by atoms with van der Waals surface area (Å²) in [4.78, 5) is 40.1. The van der Waals surface area contributed by atoms with E-state index in [1.807, 2.05) is 0 Å². The molecule has 2 aromatic rings. The largest absolute Gasteiger partial charge is 0.460 e. The Morgan fingerprint density at radius 1 is 0.674 bits per heavy atom. The molecule has 21 heteroatoms. The molecule has 0 N–H and O–H groups in total. The summed E-state index contributed by atoms with van der Waals surface area (Å²) in [6.07, 6.45) is -8.36. The Kier molecular flexibility index (Phi) is 6.94. The Hall–Kier alpha value is -3.94. The molecule has 0 unspecified atom stereocenters. The number of alkyl halides is 15. The fourth-order valence-electron chi connectivity index (χ4n) is 5.80. The number of imide groups is 1. The summed E-state index contributed by atoms with van der Waals surface area (Å²) < 4.78 is 205. The lowest BCUT2D eigenvalue weighted by atomic mass is 9.90. The number of likely N-dealkylation sites (tertiary alicyclic amines) is 1. The smallest absolute Gasteiger partial charge is 0.330 e. The summed E-state index contributed by atoms with van der Waals surface area (Å²) in [7, 11) is 0. The van der Waals surface area contributed by atoms with E-state index in [0.29, 0.717) is 15.7 Å². The molecule has 4 amide bonds. The number of fused-ring (bicyclic) bond motifs is 6. The van der Waals surface area contributed by atoms with Crippen LogP contribution < -0.4 is 4.90 Å². The van der Waals surface area contributed by atoms with Crippen LogP contribution in [0.1, 0.15) is 6.42 Å². The quantitative estimate of drug-likeness (QED) is 0.252. The Balaban J connectivity index is 1.46. The Bertz CT molecular complexity index is 1620. The van der Waals surface area contributed by atoms with Gasteiger partial charge in [-0.15, -0.1) is 0 Å². The Morgan fingerprint density at radius 3 is 1.78 bits per heavy atom. The first kappa shape index (κ1) is 33.4. The zero-order valence-corrected chi connectivity index (χ0v) is 21.9. The van der Waals surface area contributed by atoms with Crippen molar-refractivity contribution in [3.63, 3.8) is 0 Å². The zero-order chi connectivity index (χ0) is 34.8. The average molecular weight is 689 g/mol. The van der Waals surface area contributed by atoms with Crippen molar-refractivity contribution < 1.29 is 80.2 Å². The van der Waals surface area contributed by atoms with Crippen LogP contribution in [-0.4, -0.2) is 94.0 Å². The molecule has 3 atom stereocenters. The van der Waals surface area contributed by atoms with Crippen LogP contribution in [0, 0.1) is 0 Å². The van der Waals surface area contributed by atoms with Gasteiger partial charge in [-0.3, -0.25) is 9.59 Å². The van der Waals surface area contributed by atoms with Crippen LogP contribution in [-0.2, 0) is 9.59 Å². The van der Waals surface area contributed by atoms with E-state index in [-0.39, 0.29) is 10.6 Å². The number of piperazine rings is 1. The lowest BCUT2D eigenvalue weighted by Gasteiger charge is -2.42. The van der Waals surface area contributed by atoms with E-state index in [1.54, 1.807) is 18.2 Å². The standard InChI is InChI=1S/C25H14F15N3O3/c26-19(27,20(28,29)21(30,31)22(32,33)23(34,35)24(36,37)25(38,39)40)17(45)41-9-11-8-14(41)15-16(44)43(18(46)42(11)15)13-7-3-5-10-4-1-2-6-12(10)13/h1-7,11,14-15H,8-9H2/t11-,14-,15-/m0/s1. The average Bonchev–Trinajstić information content (AvgIpc) is 3.62. The molecule has 252 valence electrons. The van der Waals surface area contributed by atoms with Gasteiger partial charge >= 0.3 is 47.7 Å². The van der Waals surface area contributed by atoms with Crippen LogP contribution in [0.4, 0.5) is 76.3 Å². The van der Waals surface area contributed by atoms with Gasteiger partial charge in [0.05, 0.1) is 17.8 Å². The van der Waals surface area contributed by atoms with E-state index < -0.39 is 90.6 Å². The number of benzene rings is 2. The highest BCUT2D eigenvalue weighted by molar-refractivity contribution is 6.25. The third-order valence-corrected chi connectivity index (χ3v) is 8.13. The minimum atomic E-state index is -8.54. The lowest BCUT2D eigenvalue weighted by Crippen LogP contribution is -2.74. The zero-order valence-electron chi connectivity index (χ0n) is 21.9. The molecule has 0 aliphatic carbocycles. The molecule has 3 fully saturated rings. The van der Waals surface area contributed by atoms with E-state index in [9.17, 15) is 80.2 Å². The van der Waals surface area contributed by atoms with Crippen molar-refractivity contribution >= 4 is 34.3 Å². The maximum absolute atomic E-state index is 14.8. The number of amides is 4. The first-order chi connectivity index (χ1) is 20.8. The summed E-state index contributed by atoms with van der Waals surface area (Å²) in [5.74, 6) is -53.4. The molecular formula is C25H14F15N3O3. The molecule has 3 aliphatic rings. The second kappa shape index (κ2) is 9.55. The van der Waals surface area contributed by atoms with Crippen molar-refractivity contribution in [3.05, 3.63) is 42.5 Å². The molecule has 0 spiro atoms. The van der Waals surface area contributed by atoms with Crippen molar-refractivity contribution in [3.8, 4) is 0 Å². The molecule has 2 aromatic carbocycles. The van der Waals surface area contributed by atoms with E-state index in [2.05, 4.69) is 0 Å². The minimum absolute atomic E-state index is 0.0462. The highest BCUT2D eigenvalue weighted by Crippen LogP contribution is 2.62. The van der Waals surface area contributed by atoms with Crippen LogP contribution in [0.15, 0.2) is 42.5 Å². The predicted molar refractivity (Wildman–Crippen MR) is 122 cm³/mol. The Morgan fingerprint density at radius 2 is 1.20 bits per heavy atom. The first-order valence-electron chi connectivity index (χ1n) is 12.6. The maximum Gasteiger partial charge on any atom is 0.460 e. The van der Waals surface area contributed by atoms with Gasteiger partial charge in [-0.25, -0.2) is 9.69 Å². The predicted octanol–water partition coefficient (Wildman–Crippen LogP) is 6.33. The summed E-state index contributed by atoms with van der Waals surface area (Å²) in [6, 6.07) is 4.08. The summed E-state index contributed by atoms with van der Waals surface area (Å²) in [6.45, 7) is -1.20. The molecular weight excluding hydrogens is 675 g/mol. The fourth-order valence-corrected chi connectivity index (χ4v) is 5.80. The van der Waals surface area contributed by atoms with Gasteiger partial charge in [0, 0.05) is 11.9 Å². The lowest BCUT2D eigenvalue weighted by molar-refractivity contribution is -0.450. The van der Waals surface area contributed by atoms with Crippen LogP contribution in [0.3, 0.4) is 0 Å². The van der Waals surface area contributed by atoms with Crippen molar-refractivity contribution in [1.29, 1.82) is 0 Å². The SMILES string of the molecule is O=C1[C@@H]2[C@@H]3C[C@@H](CN3C(=O)C(F)(F)C(F)(F)C(F)(F)C(F)(F)C(F)(F)C(F)(F)C(F)(F)F)N2C(=O)N1c1cccc2ccccc12. The van der Waals surface area contributed by atoms with Crippen molar-refractivity contribution in [2.45, 2.75) is 66.3 Å². The van der Waals surface area contributed by atoms with E-state index in [4.69, 9.17) is 0 Å². The van der Waals surface area contributed by atoms with Gasteiger partial charge in [0.1, 0.15) is 6.04 Å². The van der Waals surface area contributed by atoms with Gasteiger partial charge in [0.15, 0.2) is 0 Å². The van der Waals surface area contributed by atoms with E-state index in [0.717, 1.165) is 4.90 Å². The number of nitrogens with zero attached hydrogens (tertiary/aromatic N) is 3. The van der Waals surface area contributed by atoms with Gasteiger partial charge in [0.2, 0.25) is 0 Å². The Labute approximate surface area is 245 Å². The topological polar surface area (TPSA) is 60.9 Å². The number of rotatable bonds is 7. The van der Waals surface area contributed by atoms with Crippen molar-refractivity contribution in [2.75, 3.05) is 11.4 Å². The monoisotopic (exact) mass is 689 g/mol. The second-order valence-electron chi connectivity index (χ2n) is 10.7. The van der Waals surface area contributed by atoms with Gasteiger partial charge in [-0.05, 0) is 17.9 Å². The molecule has 2 bridgehead atoms. The number of halogens is 15. The number of anilines is 1. The van der Waals surface area contributed by atoms with E-state index in [1.165, 1.54) is 24.3 Å². The molecule has 0 aromatic heterocycles. The number of carbonyl (C=O) groups is 3. The summed E-state index contributed by atoms with van der Waals surface area (Å²) >= 11 is 0. The van der Waals surface area contributed by atoms with Crippen LogP contribution >= 0.6 is 0 Å². The van der Waals surface area contributed by atoms with Crippen LogP contribution in [0.5, 0.6) is 0 Å². The number of urea groups is 1. The first-order valence-corrected chi connectivity index (χ1v) is 12.6. The molecule has 6 nitrogen and oxygen atoms in total. The van der Waals surface area contributed by atoms with Crippen molar-refractivity contribution in [1.82, 2.24) is 9.80 Å². The van der Waals surface area contributed by atoms with Gasteiger partial charge in [-0.2, -0.15) is 65.9 Å². The molecule has 0 radical (unpaired) electrons. The summed E-state index contributed by atoms with van der Waals surface area (Å²) in [5, 5.41) is 0.820. The number of carbonyl (C=O) groups excluding carboxylic acids is 3. The van der Waals surface area contributed by atoms with Crippen LogP contribution in [0.25, 0.3) is 10.8 Å². The van der Waals surface area contributed by atoms with Crippen LogP contribution in [0.2, 0.25) is 0 Å². The highest BCUT2D eigenvalue weighted by Gasteiger charge is 2.94. The summed E-state index contributed by atoms with van der Waals surface area (Å²) in [5.41, 5.74) is -0.0462. The maximum atomic E-state index is 14.8. The normalized spacial score (nSPS) is 23.2. The highest BCUT2D eigenvalue weighted by atomic mass is 19.4. The third-order valence-electron chi connectivity index (χ3n) is 8.13. The molecule has 3 aliphatic heterocycles. The molecule has 5 rings (SSSR count). The van der Waals surface area contributed by atoms with Gasteiger partial charge in [0.25, 0.3) is 11.8 Å². The van der Waals surface area contributed by atoms with Gasteiger partial charge in [-0.1, -0.05) is 36.4 Å². The molecule has 3 saturated heterocycles.